The van der Waals surface area contributed by atoms with Gasteiger partial charge in [-0.15, -0.1) is 0 Å². The van der Waals surface area contributed by atoms with Crippen LogP contribution in [0.15, 0.2) is 71.9 Å². The molecule has 0 radical (unpaired) electrons. The summed E-state index contributed by atoms with van der Waals surface area (Å²) in [6.07, 6.45) is 2.76. The number of nitrogen functional groups attached to an aromatic ring is 1. The number of benzene rings is 2. The van der Waals surface area contributed by atoms with Crippen molar-refractivity contribution in [2.24, 2.45) is 4.99 Å². The molecule has 0 fully saturated rings. The summed E-state index contributed by atoms with van der Waals surface area (Å²) < 4.78 is 0. The minimum atomic E-state index is 0.105. The van der Waals surface area contributed by atoms with E-state index < -0.39 is 0 Å². The van der Waals surface area contributed by atoms with Crippen LogP contribution in [0, 0.1) is 0 Å². The third-order valence-electron chi connectivity index (χ3n) is 5.33. The molecule has 4 N–H and O–H groups in total. The van der Waals surface area contributed by atoms with Crippen molar-refractivity contribution in [3.05, 3.63) is 83.7 Å². The number of likely N-dealkylation sites (N-methyl/N-ethyl adjacent to an activating group) is 1. The number of aromatic hydroxyl groups is 1. The van der Waals surface area contributed by atoms with E-state index in [4.69, 9.17) is 10.7 Å². The van der Waals surface area contributed by atoms with Gasteiger partial charge in [-0.05, 0) is 62.0 Å². The first-order chi connectivity index (χ1) is 15.0. The molecule has 0 amide bonds. The molecule has 158 valence electrons. The monoisotopic (exact) mass is 413 g/mol. The Kier molecular flexibility index (Phi) is 6.00. The SMILES string of the molecule is CC(=Nc1ccc(CN(C)CCc2ccccn2)cc1)c1c(O)[nH]c2ccc(N)cc12. The van der Waals surface area contributed by atoms with Gasteiger partial charge < -0.3 is 20.7 Å². The largest absolute Gasteiger partial charge is 0.494 e. The molecule has 0 unspecified atom stereocenters. The average molecular weight is 414 g/mol. The van der Waals surface area contributed by atoms with Crippen LogP contribution >= 0.6 is 0 Å². The maximum Gasteiger partial charge on any atom is 0.198 e. The van der Waals surface area contributed by atoms with Crippen LogP contribution in [0.5, 0.6) is 5.88 Å². The van der Waals surface area contributed by atoms with Crippen molar-refractivity contribution in [3.63, 3.8) is 0 Å². The van der Waals surface area contributed by atoms with Crippen molar-refractivity contribution in [2.45, 2.75) is 19.9 Å². The number of H-pyrrole nitrogens is 1. The smallest absolute Gasteiger partial charge is 0.198 e. The molecule has 0 aliphatic rings. The van der Waals surface area contributed by atoms with Crippen LogP contribution < -0.4 is 5.73 Å². The number of anilines is 1. The van der Waals surface area contributed by atoms with Crippen LogP contribution in [0.2, 0.25) is 0 Å². The molecule has 0 saturated heterocycles. The van der Waals surface area contributed by atoms with Gasteiger partial charge in [0.1, 0.15) is 0 Å². The third kappa shape index (κ3) is 4.92. The minimum Gasteiger partial charge on any atom is -0.494 e. The standard InChI is InChI=1S/C25H27N5O/c1-17(24-22-15-19(26)8-11-23(22)29-25(24)31)28-21-9-6-18(7-10-21)16-30(2)14-12-20-5-3-4-13-27-20/h3-11,13,15,29,31H,12,14,16,26H2,1-2H3. The van der Waals surface area contributed by atoms with E-state index in [-0.39, 0.29) is 5.88 Å². The van der Waals surface area contributed by atoms with Crippen LogP contribution in [0.3, 0.4) is 0 Å². The van der Waals surface area contributed by atoms with Crippen LogP contribution in [0.25, 0.3) is 10.9 Å². The molecule has 2 aromatic carbocycles. The van der Waals surface area contributed by atoms with E-state index in [2.05, 4.69) is 40.1 Å². The summed E-state index contributed by atoms with van der Waals surface area (Å²) >= 11 is 0. The lowest BCUT2D eigenvalue weighted by Gasteiger charge is -2.16. The molecule has 4 rings (SSSR count). The van der Waals surface area contributed by atoms with Gasteiger partial charge in [0.2, 0.25) is 0 Å². The van der Waals surface area contributed by atoms with E-state index in [1.54, 1.807) is 6.07 Å². The summed E-state index contributed by atoms with van der Waals surface area (Å²) in [5.74, 6) is 0.105. The highest BCUT2D eigenvalue weighted by Gasteiger charge is 2.14. The van der Waals surface area contributed by atoms with Crippen molar-refractivity contribution in [1.29, 1.82) is 0 Å². The number of nitrogens with zero attached hydrogens (tertiary/aromatic N) is 3. The quantitative estimate of drug-likeness (QED) is 0.303. The first-order valence-corrected chi connectivity index (χ1v) is 10.3. The highest BCUT2D eigenvalue weighted by atomic mass is 16.3. The molecule has 0 aliphatic heterocycles. The Balaban J connectivity index is 1.44. The molecule has 0 saturated carbocycles. The summed E-state index contributed by atoms with van der Waals surface area (Å²) in [5, 5.41) is 11.2. The average Bonchev–Trinajstić information content (AvgIpc) is 3.09. The second kappa shape index (κ2) is 9.02. The fourth-order valence-electron chi connectivity index (χ4n) is 3.73. The second-order valence-corrected chi connectivity index (χ2v) is 7.83. The van der Waals surface area contributed by atoms with Crippen molar-refractivity contribution in [2.75, 3.05) is 19.3 Å². The fourth-order valence-corrected chi connectivity index (χ4v) is 3.73. The second-order valence-electron chi connectivity index (χ2n) is 7.83. The summed E-state index contributed by atoms with van der Waals surface area (Å²) in [4.78, 5) is 14.4. The molecule has 2 aromatic heterocycles. The van der Waals surface area contributed by atoms with E-state index in [0.717, 1.165) is 47.5 Å². The van der Waals surface area contributed by atoms with Crippen LogP contribution in [-0.4, -0.2) is 39.3 Å². The zero-order valence-electron chi connectivity index (χ0n) is 17.8. The molecule has 0 spiro atoms. The van der Waals surface area contributed by atoms with E-state index in [1.165, 1.54) is 5.56 Å². The van der Waals surface area contributed by atoms with Gasteiger partial charge in [0.25, 0.3) is 0 Å². The zero-order chi connectivity index (χ0) is 21.8. The lowest BCUT2D eigenvalue weighted by molar-refractivity contribution is 0.330. The maximum atomic E-state index is 10.4. The molecule has 31 heavy (non-hydrogen) atoms. The van der Waals surface area contributed by atoms with E-state index >= 15 is 0 Å². The molecule has 0 aliphatic carbocycles. The van der Waals surface area contributed by atoms with Crippen molar-refractivity contribution >= 4 is 28.0 Å². The number of pyridine rings is 1. The molecular weight excluding hydrogens is 386 g/mol. The number of aliphatic imine (C=N–C) groups is 1. The summed E-state index contributed by atoms with van der Waals surface area (Å²) in [7, 11) is 2.12. The highest BCUT2D eigenvalue weighted by molar-refractivity contribution is 6.13. The van der Waals surface area contributed by atoms with E-state index in [1.807, 2.05) is 49.5 Å². The Hall–Kier alpha value is -3.64. The number of fused-ring (bicyclic) bond motifs is 1. The van der Waals surface area contributed by atoms with Crippen molar-refractivity contribution in [1.82, 2.24) is 14.9 Å². The van der Waals surface area contributed by atoms with Gasteiger partial charge in [-0.25, -0.2) is 0 Å². The van der Waals surface area contributed by atoms with Crippen molar-refractivity contribution < 1.29 is 5.11 Å². The maximum absolute atomic E-state index is 10.4. The van der Waals surface area contributed by atoms with Crippen LogP contribution in [0.1, 0.15) is 23.7 Å². The first kappa shape index (κ1) is 20.6. The molecule has 0 atom stereocenters. The lowest BCUT2D eigenvalue weighted by atomic mass is 10.1. The Bertz CT molecular complexity index is 1200. The van der Waals surface area contributed by atoms with Gasteiger partial charge >= 0.3 is 0 Å². The summed E-state index contributed by atoms with van der Waals surface area (Å²) in [6, 6.07) is 19.7. The molecule has 6 nitrogen and oxygen atoms in total. The molecule has 2 heterocycles. The number of rotatable bonds is 7. The molecule has 6 heteroatoms. The van der Waals surface area contributed by atoms with Gasteiger partial charge in [-0.2, -0.15) is 0 Å². The van der Waals surface area contributed by atoms with Gasteiger partial charge in [0.15, 0.2) is 5.88 Å². The number of nitrogens with two attached hydrogens (primary N) is 1. The minimum absolute atomic E-state index is 0.105. The lowest BCUT2D eigenvalue weighted by Crippen LogP contribution is -2.20. The Morgan fingerprint density at radius 1 is 1.13 bits per heavy atom. The number of hydrogen-bond acceptors (Lipinski definition) is 5. The molecule has 4 aromatic rings. The van der Waals surface area contributed by atoms with Crippen LogP contribution in [-0.2, 0) is 13.0 Å². The zero-order valence-corrected chi connectivity index (χ0v) is 17.8. The highest BCUT2D eigenvalue weighted by Crippen LogP contribution is 2.30. The summed E-state index contributed by atoms with van der Waals surface area (Å²) in [5.41, 5.74) is 12.0. The Morgan fingerprint density at radius 3 is 2.68 bits per heavy atom. The first-order valence-electron chi connectivity index (χ1n) is 10.3. The Morgan fingerprint density at radius 2 is 1.94 bits per heavy atom. The third-order valence-corrected chi connectivity index (χ3v) is 5.33. The fraction of sp³-hybridized carbons (Fsp3) is 0.200. The number of aromatic amines is 1. The van der Waals surface area contributed by atoms with Gasteiger partial charge in [0, 0.05) is 48.0 Å². The Labute approximate surface area is 182 Å². The van der Waals surface area contributed by atoms with Gasteiger partial charge in [-0.3, -0.25) is 9.98 Å². The predicted octanol–water partition coefficient (Wildman–Crippen LogP) is 4.67. The topological polar surface area (TPSA) is 90.5 Å². The number of nitrogens with one attached hydrogen (secondary N) is 1. The summed E-state index contributed by atoms with van der Waals surface area (Å²) in [6.45, 7) is 3.70. The van der Waals surface area contributed by atoms with Gasteiger partial charge in [-0.1, -0.05) is 18.2 Å². The predicted molar refractivity (Wildman–Crippen MR) is 127 cm³/mol. The van der Waals surface area contributed by atoms with E-state index in [0.29, 0.717) is 11.3 Å². The number of aromatic nitrogens is 2. The molecule has 0 bridgehead atoms. The van der Waals surface area contributed by atoms with Crippen LogP contribution in [0.4, 0.5) is 11.4 Å². The molecular formula is C25H27N5O. The number of hydrogen-bond donors (Lipinski definition) is 3. The van der Waals surface area contributed by atoms with Crippen molar-refractivity contribution in [3.8, 4) is 5.88 Å². The van der Waals surface area contributed by atoms with Gasteiger partial charge in [0.05, 0.1) is 17.0 Å². The van der Waals surface area contributed by atoms with E-state index in [9.17, 15) is 5.11 Å². The normalized spacial score (nSPS) is 12.0.